The Kier molecular flexibility index (Phi) is 7.74. The Morgan fingerprint density at radius 1 is 1.06 bits per heavy atom. The van der Waals surface area contributed by atoms with Crippen molar-refractivity contribution in [1.82, 2.24) is 4.90 Å². The van der Waals surface area contributed by atoms with E-state index in [2.05, 4.69) is 6.58 Å². The van der Waals surface area contributed by atoms with Crippen LogP contribution in [0.1, 0.15) is 17.2 Å². The highest BCUT2D eigenvalue weighted by molar-refractivity contribution is 6.46. The van der Waals surface area contributed by atoms with Crippen LogP contribution in [-0.4, -0.2) is 62.8 Å². The second-order valence-electron chi connectivity index (χ2n) is 7.22. The Hall–Kier alpha value is -3.78. The fourth-order valence-electron chi connectivity index (χ4n) is 3.70. The number of carbonyl (C=O) groups is 2. The largest absolute Gasteiger partial charge is 0.507 e. The van der Waals surface area contributed by atoms with E-state index < -0.39 is 17.7 Å². The van der Waals surface area contributed by atoms with Crippen LogP contribution in [0.15, 0.2) is 60.7 Å². The lowest BCUT2D eigenvalue weighted by atomic mass is 9.94. The van der Waals surface area contributed by atoms with Crippen LogP contribution in [0, 0.1) is 0 Å². The quantitative estimate of drug-likeness (QED) is 0.255. The molecule has 0 radical (unpaired) electrons. The second-order valence-corrected chi connectivity index (χ2v) is 7.22. The molecule has 2 aromatic carbocycles. The van der Waals surface area contributed by atoms with Crippen molar-refractivity contribution in [3.8, 4) is 17.2 Å². The molecule has 1 atom stereocenters. The van der Waals surface area contributed by atoms with Crippen LogP contribution < -0.4 is 14.2 Å². The molecule has 0 saturated carbocycles. The minimum absolute atomic E-state index is 0.0394. The monoisotopic (exact) mass is 453 g/mol. The van der Waals surface area contributed by atoms with Crippen molar-refractivity contribution in [3.05, 3.63) is 71.8 Å². The molecular formula is C25H27NO7. The first kappa shape index (κ1) is 23.9. The molecule has 1 unspecified atom stereocenters. The van der Waals surface area contributed by atoms with E-state index >= 15 is 0 Å². The zero-order valence-electron chi connectivity index (χ0n) is 18.9. The van der Waals surface area contributed by atoms with Gasteiger partial charge in [0.25, 0.3) is 11.7 Å². The number of rotatable bonds is 10. The first-order chi connectivity index (χ1) is 16.0. The van der Waals surface area contributed by atoms with Gasteiger partial charge in [-0.1, -0.05) is 12.7 Å². The normalized spacial score (nSPS) is 17.2. The number of Topliss-reactive ketones (excluding diaryl/α,β-unsaturated/α-hetero) is 1. The predicted molar refractivity (Wildman–Crippen MR) is 123 cm³/mol. The topological polar surface area (TPSA) is 94.5 Å². The van der Waals surface area contributed by atoms with Crippen LogP contribution in [0.4, 0.5) is 0 Å². The van der Waals surface area contributed by atoms with Gasteiger partial charge in [-0.2, -0.15) is 0 Å². The summed E-state index contributed by atoms with van der Waals surface area (Å²) in [5.74, 6) is -0.257. The third kappa shape index (κ3) is 4.85. The zero-order valence-corrected chi connectivity index (χ0v) is 18.9. The van der Waals surface area contributed by atoms with Crippen molar-refractivity contribution in [3.63, 3.8) is 0 Å². The van der Waals surface area contributed by atoms with E-state index in [1.54, 1.807) is 48.5 Å². The Morgan fingerprint density at radius 2 is 1.76 bits per heavy atom. The first-order valence-electron chi connectivity index (χ1n) is 10.3. The highest BCUT2D eigenvalue weighted by atomic mass is 16.5. The number of benzene rings is 2. The molecule has 1 fully saturated rings. The van der Waals surface area contributed by atoms with Crippen molar-refractivity contribution < 1.29 is 33.6 Å². The van der Waals surface area contributed by atoms with Gasteiger partial charge >= 0.3 is 0 Å². The number of hydrogen-bond donors (Lipinski definition) is 1. The molecule has 174 valence electrons. The molecule has 33 heavy (non-hydrogen) atoms. The number of ether oxygens (including phenoxy) is 4. The van der Waals surface area contributed by atoms with Gasteiger partial charge in [-0.25, -0.2) is 0 Å². The van der Waals surface area contributed by atoms with Gasteiger partial charge in [-0.3, -0.25) is 9.59 Å². The molecule has 2 aromatic rings. The minimum atomic E-state index is -0.887. The van der Waals surface area contributed by atoms with Gasteiger partial charge < -0.3 is 29.0 Å². The highest BCUT2D eigenvalue weighted by Crippen LogP contribution is 2.43. The SMILES string of the molecule is C=CCOc1ccc(/C(O)=C2\C(=O)C(=O)N(CCOC)C2c2cc(OC)ccc2OC)cc1. The molecule has 0 spiro atoms. The molecule has 1 aliphatic heterocycles. The average Bonchev–Trinajstić information content (AvgIpc) is 3.10. The number of aliphatic hydroxyl groups is 1. The Balaban J connectivity index is 2.16. The van der Waals surface area contributed by atoms with E-state index in [0.29, 0.717) is 35.0 Å². The van der Waals surface area contributed by atoms with Gasteiger partial charge in [0.15, 0.2) is 0 Å². The molecule has 1 amide bonds. The summed E-state index contributed by atoms with van der Waals surface area (Å²) in [5.41, 5.74) is 0.847. The van der Waals surface area contributed by atoms with E-state index in [4.69, 9.17) is 18.9 Å². The molecule has 1 N–H and O–H groups in total. The smallest absolute Gasteiger partial charge is 0.295 e. The molecule has 0 bridgehead atoms. The maximum absolute atomic E-state index is 13.1. The number of carbonyl (C=O) groups excluding carboxylic acids is 2. The van der Waals surface area contributed by atoms with Crippen molar-refractivity contribution >= 4 is 17.4 Å². The van der Waals surface area contributed by atoms with E-state index in [1.165, 1.54) is 26.2 Å². The lowest BCUT2D eigenvalue weighted by Crippen LogP contribution is -2.32. The molecule has 1 saturated heterocycles. The van der Waals surface area contributed by atoms with Crippen molar-refractivity contribution in [1.29, 1.82) is 0 Å². The summed E-state index contributed by atoms with van der Waals surface area (Å²) in [6, 6.07) is 10.8. The number of ketones is 1. The standard InChI is InChI=1S/C25H27NO7/c1-5-13-33-17-8-6-16(7-9-17)23(27)21-22(26(12-14-30-2)25(29)24(21)28)19-15-18(31-3)10-11-20(19)32-4/h5-11,15,22,27H,1,12-14H2,2-4H3/b23-21+. The number of aliphatic hydroxyl groups excluding tert-OH is 1. The molecule has 8 heteroatoms. The molecular weight excluding hydrogens is 426 g/mol. The Labute approximate surface area is 192 Å². The maximum Gasteiger partial charge on any atom is 0.295 e. The summed E-state index contributed by atoms with van der Waals surface area (Å²) >= 11 is 0. The van der Waals surface area contributed by atoms with Gasteiger partial charge in [-0.05, 0) is 42.5 Å². The third-order valence-corrected chi connectivity index (χ3v) is 5.30. The van der Waals surface area contributed by atoms with Crippen molar-refractivity contribution in [2.24, 2.45) is 0 Å². The zero-order chi connectivity index (χ0) is 24.0. The summed E-state index contributed by atoms with van der Waals surface area (Å²) in [7, 11) is 4.52. The lowest BCUT2D eigenvalue weighted by Gasteiger charge is -2.26. The van der Waals surface area contributed by atoms with Gasteiger partial charge in [-0.15, -0.1) is 0 Å². The molecule has 1 heterocycles. The number of likely N-dealkylation sites (tertiary alicyclic amines) is 1. The lowest BCUT2D eigenvalue weighted by molar-refractivity contribution is -0.140. The molecule has 3 rings (SSSR count). The van der Waals surface area contributed by atoms with E-state index in [1.807, 2.05) is 0 Å². The van der Waals surface area contributed by atoms with Crippen molar-refractivity contribution in [2.45, 2.75) is 6.04 Å². The van der Waals surface area contributed by atoms with Gasteiger partial charge in [0, 0.05) is 24.8 Å². The number of nitrogens with zero attached hydrogens (tertiary/aromatic N) is 1. The van der Waals surface area contributed by atoms with Crippen LogP contribution in [0.25, 0.3) is 5.76 Å². The molecule has 0 aliphatic carbocycles. The fourth-order valence-corrected chi connectivity index (χ4v) is 3.70. The molecule has 0 aromatic heterocycles. The van der Waals surface area contributed by atoms with E-state index in [-0.39, 0.29) is 24.5 Å². The molecule has 1 aliphatic rings. The van der Waals surface area contributed by atoms with Crippen molar-refractivity contribution in [2.75, 3.05) is 41.1 Å². The third-order valence-electron chi connectivity index (χ3n) is 5.30. The first-order valence-corrected chi connectivity index (χ1v) is 10.3. The predicted octanol–water partition coefficient (Wildman–Crippen LogP) is 3.34. The number of hydrogen-bond acceptors (Lipinski definition) is 7. The van der Waals surface area contributed by atoms with Gasteiger partial charge in [0.05, 0.1) is 32.4 Å². The van der Waals surface area contributed by atoms with Gasteiger partial charge in [0.2, 0.25) is 0 Å². The van der Waals surface area contributed by atoms with E-state index in [9.17, 15) is 14.7 Å². The van der Waals surface area contributed by atoms with Crippen LogP contribution in [0.3, 0.4) is 0 Å². The van der Waals surface area contributed by atoms with Crippen LogP contribution in [0.5, 0.6) is 17.2 Å². The maximum atomic E-state index is 13.1. The van der Waals surface area contributed by atoms with Crippen LogP contribution in [-0.2, 0) is 14.3 Å². The Bertz CT molecular complexity index is 1060. The second kappa shape index (κ2) is 10.7. The van der Waals surface area contributed by atoms with Crippen LogP contribution >= 0.6 is 0 Å². The van der Waals surface area contributed by atoms with Crippen LogP contribution in [0.2, 0.25) is 0 Å². The highest BCUT2D eigenvalue weighted by Gasteiger charge is 2.47. The number of methoxy groups -OCH3 is 3. The summed E-state index contributed by atoms with van der Waals surface area (Å²) in [5, 5.41) is 11.2. The fraction of sp³-hybridized carbons (Fsp3) is 0.280. The summed E-state index contributed by atoms with van der Waals surface area (Å²) < 4.78 is 21.5. The molecule has 8 nitrogen and oxygen atoms in total. The number of amides is 1. The Morgan fingerprint density at radius 3 is 2.36 bits per heavy atom. The van der Waals surface area contributed by atoms with Gasteiger partial charge in [0.1, 0.15) is 29.6 Å². The minimum Gasteiger partial charge on any atom is -0.507 e. The summed E-state index contributed by atoms with van der Waals surface area (Å²) in [4.78, 5) is 27.4. The summed E-state index contributed by atoms with van der Waals surface area (Å²) in [6.07, 6.45) is 1.62. The average molecular weight is 453 g/mol. The summed E-state index contributed by atoms with van der Waals surface area (Å²) in [6.45, 7) is 4.31. The van der Waals surface area contributed by atoms with E-state index in [0.717, 1.165) is 0 Å².